The van der Waals surface area contributed by atoms with Crippen LogP contribution in [0.1, 0.15) is 124 Å². The van der Waals surface area contributed by atoms with Crippen LogP contribution < -0.4 is 0 Å². The number of hydrogen-bond donors (Lipinski definition) is 1. The topological polar surface area (TPSA) is 80.0 Å². The van der Waals surface area contributed by atoms with Crippen molar-refractivity contribution in [2.24, 2.45) is 0 Å². The van der Waals surface area contributed by atoms with E-state index in [2.05, 4.69) is 32.6 Å². The highest BCUT2D eigenvalue weighted by atomic mass is 16.5. The molecule has 40 heavy (non-hydrogen) atoms. The summed E-state index contributed by atoms with van der Waals surface area (Å²) in [6.07, 6.45) is 6.04. The van der Waals surface area contributed by atoms with Gasteiger partial charge in [0.15, 0.2) is 5.78 Å². The van der Waals surface area contributed by atoms with Crippen molar-refractivity contribution in [1.82, 2.24) is 4.90 Å². The molecule has 0 radical (unpaired) electrons. The number of carbonyl (C=O) groups excluding carboxylic acids is 2. The van der Waals surface area contributed by atoms with E-state index in [1.165, 1.54) is 0 Å². The second-order valence-corrected chi connectivity index (χ2v) is 11.0. The number of aliphatic hydroxyl groups excluding tert-OH is 1. The van der Waals surface area contributed by atoms with E-state index in [0.29, 0.717) is 39.8 Å². The van der Waals surface area contributed by atoms with Crippen molar-refractivity contribution in [3.05, 3.63) is 70.5 Å². The molecule has 0 unspecified atom stereocenters. The molecular weight excluding hydrogens is 502 g/mol. The SMILES string of the molecule is CCCCc1oc2ccc(C(=O)OC(C)C)cc2c1C(=O)c1ccc([C@@H](O)[C@@H](C)N(CCCC)CCCC)cc1. The fourth-order valence-corrected chi connectivity index (χ4v) is 5.02. The van der Waals surface area contributed by atoms with Crippen LogP contribution in [-0.4, -0.2) is 47.0 Å². The van der Waals surface area contributed by atoms with Gasteiger partial charge >= 0.3 is 5.97 Å². The van der Waals surface area contributed by atoms with Crippen molar-refractivity contribution in [2.75, 3.05) is 13.1 Å². The van der Waals surface area contributed by atoms with Crippen LogP contribution >= 0.6 is 0 Å². The number of furan rings is 1. The van der Waals surface area contributed by atoms with E-state index < -0.39 is 12.1 Å². The van der Waals surface area contributed by atoms with Crippen molar-refractivity contribution >= 4 is 22.7 Å². The third-order valence-corrected chi connectivity index (χ3v) is 7.47. The molecule has 0 bridgehead atoms. The van der Waals surface area contributed by atoms with Gasteiger partial charge in [-0.05, 0) is 76.9 Å². The van der Waals surface area contributed by atoms with Crippen molar-refractivity contribution in [1.29, 1.82) is 0 Å². The van der Waals surface area contributed by atoms with Crippen molar-refractivity contribution in [2.45, 2.75) is 105 Å². The van der Waals surface area contributed by atoms with Crippen LogP contribution in [0.15, 0.2) is 46.9 Å². The van der Waals surface area contributed by atoms with E-state index in [1.54, 1.807) is 44.2 Å². The molecule has 218 valence electrons. The van der Waals surface area contributed by atoms with Crippen LogP contribution in [0.3, 0.4) is 0 Å². The lowest BCUT2D eigenvalue weighted by atomic mass is 9.95. The number of aryl methyl sites for hydroxylation is 1. The molecule has 2 aromatic carbocycles. The Labute approximate surface area is 239 Å². The fourth-order valence-electron chi connectivity index (χ4n) is 5.02. The zero-order valence-corrected chi connectivity index (χ0v) is 25.2. The number of benzene rings is 2. The van der Waals surface area contributed by atoms with Gasteiger partial charge in [0.25, 0.3) is 0 Å². The minimum atomic E-state index is -0.651. The Hall–Kier alpha value is -2.96. The second kappa shape index (κ2) is 15.2. The van der Waals surface area contributed by atoms with E-state index in [4.69, 9.17) is 9.15 Å². The molecule has 0 amide bonds. The standard InChI is InChI=1S/C34H47NO5/c1-7-10-13-30-31(28-22-27(18-19-29(28)40-30)34(38)39-23(4)5)33(37)26-16-14-25(15-17-26)32(36)24(6)35(20-11-8-2)21-12-9-3/h14-19,22-24,32,36H,7-13,20-21H2,1-6H3/t24-,32+/m1/s1. The van der Waals surface area contributed by atoms with Gasteiger partial charge in [-0.1, -0.05) is 64.3 Å². The average Bonchev–Trinajstić information content (AvgIpc) is 3.32. The largest absolute Gasteiger partial charge is 0.460 e. The van der Waals surface area contributed by atoms with E-state index >= 15 is 0 Å². The molecule has 0 aliphatic heterocycles. The molecule has 0 saturated carbocycles. The summed E-state index contributed by atoms with van der Waals surface area (Å²) in [4.78, 5) is 28.8. The van der Waals surface area contributed by atoms with Gasteiger partial charge in [-0.25, -0.2) is 4.79 Å². The zero-order valence-electron chi connectivity index (χ0n) is 25.2. The highest BCUT2D eigenvalue weighted by Crippen LogP contribution is 2.31. The van der Waals surface area contributed by atoms with E-state index in [1.807, 2.05) is 12.1 Å². The van der Waals surface area contributed by atoms with Gasteiger partial charge in [0.2, 0.25) is 0 Å². The molecule has 3 rings (SSSR count). The van der Waals surface area contributed by atoms with Gasteiger partial charge in [0.1, 0.15) is 11.3 Å². The average molecular weight is 550 g/mol. The van der Waals surface area contributed by atoms with E-state index in [9.17, 15) is 14.7 Å². The molecule has 0 aliphatic rings. The first kappa shape index (κ1) is 31.6. The molecule has 6 nitrogen and oxygen atoms in total. The van der Waals surface area contributed by atoms with Crippen LogP contribution in [0.2, 0.25) is 0 Å². The molecule has 1 aromatic heterocycles. The summed E-state index contributed by atoms with van der Waals surface area (Å²) in [5, 5.41) is 11.8. The smallest absolute Gasteiger partial charge is 0.338 e. The van der Waals surface area contributed by atoms with Crippen molar-refractivity contribution in [3.8, 4) is 0 Å². The summed E-state index contributed by atoms with van der Waals surface area (Å²) in [6.45, 7) is 14.1. The summed E-state index contributed by atoms with van der Waals surface area (Å²) in [6, 6.07) is 12.4. The van der Waals surface area contributed by atoms with Gasteiger partial charge in [-0.2, -0.15) is 0 Å². The third-order valence-electron chi connectivity index (χ3n) is 7.47. The summed E-state index contributed by atoms with van der Waals surface area (Å²) < 4.78 is 11.5. The molecule has 0 saturated heterocycles. The Kier molecular flexibility index (Phi) is 12.0. The monoisotopic (exact) mass is 549 g/mol. The van der Waals surface area contributed by atoms with Gasteiger partial charge in [0, 0.05) is 23.4 Å². The summed E-state index contributed by atoms with van der Waals surface area (Å²) in [5.74, 6) is 0.0586. The third kappa shape index (κ3) is 7.82. The Morgan fingerprint density at radius 3 is 2.05 bits per heavy atom. The lowest BCUT2D eigenvalue weighted by molar-refractivity contribution is 0.0378. The lowest BCUT2D eigenvalue weighted by Crippen LogP contribution is -2.39. The van der Waals surface area contributed by atoms with Gasteiger partial charge < -0.3 is 14.3 Å². The Balaban J connectivity index is 1.91. The van der Waals surface area contributed by atoms with Crippen LogP contribution in [0.4, 0.5) is 0 Å². The first-order chi connectivity index (χ1) is 19.2. The molecule has 2 atom stereocenters. The predicted molar refractivity (Wildman–Crippen MR) is 161 cm³/mol. The molecule has 1 heterocycles. The highest BCUT2D eigenvalue weighted by molar-refractivity contribution is 6.17. The zero-order chi connectivity index (χ0) is 29.2. The van der Waals surface area contributed by atoms with Gasteiger partial charge in [-0.15, -0.1) is 0 Å². The molecule has 3 aromatic rings. The number of fused-ring (bicyclic) bond motifs is 1. The summed E-state index contributed by atoms with van der Waals surface area (Å²) in [7, 11) is 0. The van der Waals surface area contributed by atoms with Gasteiger partial charge in [0.05, 0.1) is 23.3 Å². The van der Waals surface area contributed by atoms with Crippen molar-refractivity contribution < 1.29 is 23.8 Å². The maximum absolute atomic E-state index is 13.9. The minimum Gasteiger partial charge on any atom is -0.460 e. The molecule has 6 heteroatoms. The Morgan fingerprint density at radius 1 is 0.875 bits per heavy atom. The number of ether oxygens (including phenoxy) is 1. The number of unbranched alkanes of at least 4 members (excludes halogenated alkanes) is 3. The number of carbonyl (C=O) groups is 2. The number of hydrogen-bond acceptors (Lipinski definition) is 6. The normalized spacial score (nSPS) is 13.2. The lowest BCUT2D eigenvalue weighted by Gasteiger charge is -2.32. The Bertz CT molecular complexity index is 1240. The second-order valence-electron chi connectivity index (χ2n) is 11.0. The predicted octanol–water partition coefficient (Wildman–Crippen LogP) is 7.90. The first-order valence-corrected chi connectivity index (χ1v) is 15.0. The number of esters is 1. The maximum atomic E-state index is 13.9. The fraction of sp³-hybridized carbons (Fsp3) is 0.529. The number of aliphatic hydroxyl groups is 1. The number of ketones is 1. The van der Waals surface area contributed by atoms with Crippen LogP contribution in [-0.2, 0) is 11.2 Å². The van der Waals surface area contributed by atoms with E-state index in [-0.39, 0.29) is 17.9 Å². The Morgan fingerprint density at radius 2 is 1.48 bits per heavy atom. The molecule has 1 N–H and O–H groups in total. The maximum Gasteiger partial charge on any atom is 0.338 e. The molecule has 0 fully saturated rings. The summed E-state index contributed by atoms with van der Waals surface area (Å²) >= 11 is 0. The quantitative estimate of drug-likeness (QED) is 0.145. The summed E-state index contributed by atoms with van der Waals surface area (Å²) in [5.41, 5.74) is 2.78. The molecule has 0 aliphatic carbocycles. The van der Waals surface area contributed by atoms with Gasteiger partial charge in [-0.3, -0.25) is 9.69 Å². The van der Waals surface area contributed by atoms with Crippen LogP contribution in [0.25, 0.3) is 11.0 Å². The van der Waals surface area contributed by atoms with Crippen molar-refractivity contribution in [3.63, 3.8) is 0 Å². The van der Waals surface area contributed by atoms with E-state index in [0.717, 1.165) is 57.2 Å². The highest BCUT2D eigenvalue weighted by Gasteiger charge is 2.25. The molecule has 0 spiro atoms. The first-order valence-electron chi connectivity index (χ1n) is 15.0. The minimum absolute atomic E-state index is 0.0258. The number of rotatable bonds is 16. The molecular formula is C34H47NO5. The number of nitrogens with zero attached hydrogens (tertiary/aromatic N) is 1. The van der Waals surface area contributed by atoms with Crippen LogP contribution in [0.5, 0.6) is 0 Å². The van der Waals surface area contributed by atoms with Crippen LogP contribution in [0, 0.1) is 0 Å².